The van der Waals surface area contributed by atoms with Crippen molar-refractivity contribution in [2.45, 2.75) is 51.4 Å². The molecule has 2 N–H and O–H groups in total. The Labute approximate surface area is 182 Å². The number of nitrogens with one attached hydrogen (secondary N) is 1. The number of phenolic OH excluding ortho intramolecular Hbond substituents is 1. The van der Waals surface area contributed by atoms with Crippen LogP contribution in [0.3, 0.4) is 0 Å². The SMILES string of the molecule is COC(=O)c1ccc2nc(-c3cc4c5c(c3O)C(C)(C)CCN5CCC4(C)C)[nH]c2c1. The Morgan fingerprint density at radius 3 is 2.55 bits per heavy atom. The Morgan fingerprint density at radius 1 is 1.13 bits per heavy atom. The number of imidazole rings is 1. The lowest BCUT2D eigenvalue weighted by atomic mass is 9.68. The van der Waals surface area contributed by atoms with E-state index in [2.05, 4.69) is 43.6 Å². The Morgan fingerprint density at radius 2 is 1.84 bits per heavy atom. The van der Waals surface area contributed by atoms with Gasteiger partial charge in [0.1, 0.15) is 11.6 Å². The van der Waals surface area contributed by atoms with Gasteiger partial charge in [-0.15, -0.1) is 0 Å². The van der Waals surface area contributed by atoms with Gasteiger partial charge in [-0.05, 0) is 53.5 Å². The van der Waals surface area contributed by atoms with Crippen molar-refractivity contribution in [2.24, 2.45) is 0 Å². The number of aromatic amines is 1. The highest BCUT2D eigenvalue weighted by molar-refractivity contribution is 5.94. The summed E-state index contributed by atoms with van der Waals surface area (Å²) in [6.45, 7) is 11.0. The van der Waals surface area contributed by atoms with Crippen molar-refractivity contribution in [3.05, 3.63) is 41.0 Å². The number of nitrogens with zero attached hydrogens (tertiary/aromatic N) is 2. The van der Waals surface area contributed by atoms with Gasteiger partial charge in [-0.25, -0.2) is 9.78 Å². The molecule has 0 amide bonds. The average Bonchev–Trinajstić information content (AvgIpc) is 3.14. The van der Waals surface area contributed by atoms with E-state index in [-0.39, 0.29) is 16.8 Å². The second-order valence-corrected chi connectivity index (χ2v) is 10.1. The topological polar surface area (TPSA) is 78.5 Å². The molecule has 2 aromatic carbocycles. The van der Waals surface area contributed by atoms with E-state index < -0.39 is 0 Å². The lowest BCUT2D eigenvalue weighted by Crippen LogP contribution is -2.44. The molecular formula is C25H29N3O3. The van der Waals surface area contributed by atoms with E-state index in [1.54, 1.807) is 18.2 Å². The van der Waals surface area contributed by atoms with Crippen LogP contribution in [0, 0.1) is 0 Å². The molecule has 0 unspecified atom stereocenters. The summed E-state index contributed by atoms with van der Waals surface area (Å²) >= 11 is 0. The third-order valence-corrected chi connectivity index (χ3v) is 7.17. The number of methoxy groups -OCH3 is 1. The molecule has 0 spiro atoms. The largest absolute Gasteiger partial charge is 0.507 e. The summed E-state index contributed by atoms with van der Waals surface area (Å²) in [4.78, 5) is 22.4. The second-order valence-electron chi connectivity index (χ2n) is 10.1. The first-order chi connectivity index (χ1) is 14.6. The molecule has 0 fully saturated rings. The van der Waals surface area contributed by atoms with Crippen LogP contribution in [0.15, 0.2) is 24.3 Å². The van der Waals surface area contributed by atoms with E-state index >= 15 is 0 Å². The molecule has 2 aliphatic rings. The third-order valence-electron chi connectivity index (χ3n) is 7.17. The van der Waals surface area contributed by atoms with Gasteiger partial charge in [0.25, 0.3) is 0 Å². The number of H-pyrrole nitrogens is 1. The van der Waals surface area contributed by atoms with Crippen LogP contribution < -0.4 is 4.90 Å². The molecule has 1 aromatic heterocycles. The Kier molecular flexibility index (Phi) is 4.17. The number of benzene rings is 2. The lowest BCUT2D eigenvalue weighted by Gasteiger charge is -2.48. The van der Waals surface area contributed by atoms with Crippen LogP contribution in [0.1, 0.15) is 62.0 Å². The molecule has 6 nitrogen and oxygen atoms in total. The fourth-order valence-corrected chi connectivity index (χ4v) is 5.13. The van der Waals surface area contributed by atoms with Crippen molar-refractivity contribution in [1.29, 1.82) is 0 Å². The molecule has 0 radical (unpaired) electrons. The number of carbonyl (C=O) groups excluding carboxylic acids is 1. The molecule has 3 heterocycles. The first-order valence-corrected chi connectivity index (χ1v) is 10.9. The maximum atomic E-state index is 11.9. The first-order valence-electron chi connectivity index (χ1n) is 10.9. The van der Waals surface area contributed by atoms with Crippen molar-refractivity contribution >= 4 is 22.7 Å². The molecule has 0 bridgehead atoms. The van der Waals surface area contributed by atoms with E-state index in [1.165, 1.54) is 18.4 Å². The second kappa shape index (κ2) is 6.49. The van der Waals surface area contributed by atoms with Crippen molar-refractivity contribution < 1.29 is 14.6 Å². The van der Waals surface area contributed by atoms with Gasteiger partial charge in [0.15, 0.2) is 0 Å². The van der Waals surface area contributed by atoms with Crippen LogP contribution in [0.5, 0.6) is 5.75 Å². The van der Waals surface area contributed by atoms with Gasteiger partial charge in [0, 0.05) is 24.3 Å². The van der Waals surface area contributed by atoms with Crippen LogP contribution in [0.2, 0.25) is 0 Å². The molecular weight excluding hydrogens is 390 g/mol. The van der Waals surface area contributed by atoms with Gasteiger partial charge < -0.3 is 19.7 Å². The zero-order valence-electron chi connectivity index (χ0n) is 18.8. The van der Waals surface area contributed by atoms with Gasteiger partial charge in [0.05, 0.1) is 29.3 Å². The van der Waals surface area contributed by atoms with Crippen LogP contribution in [-0.2, 0) is 15.6 Å². The van der Waals surface area contributed by atoms with Gasteiger partial charge >= 0.3 is 5.97 Å². The quantitative estimate of drug-likeness (QED) is 0.578. The predicted octanol–water partition coefficient (Wildman–Crippen LogP) is 4.89. The number of ether oxygens (including phenoxy) is 1. The van der Waals surface area contributed by atoms with E-state index in [1.807, 2.05) is 0 Å². The number of hydrogen-bond donors (Lipinski definition) is 2. The van der Waals surface area contributed by atoms with E-state index in [9.17, 15) is 9.90 Å². The van der Waals surface area contributed by atoms with Crippen molar-refractivity contribution in [1.82, 2.24) is 9.97 Å². The summed E-state index contributed by atoms with van der Waals surface area (Å²) in [5.74, 6) is 0.531. The van der Waals surface area contributed by atoms with E-state index in [0.717, 1.165) is 48.1 Å². The fourth-order valence-electron chi connectivity index (χ4n) is 5.13. The molecule has 162 valence electrons. The molecule has 0 aliphatic carbocycles. The summed E-state index contributed by atoms with van der Waals surface area (Å²) in [7, 11) is 1.37. The van der Waals surface area contributed by atoms with Crippen LogP contribution in [0.4, 0.5) is 5.69 Å². The normalized spacial score (nSPS) is 18.7. The number of carbonyl (C=O) groups is 1. The number of fused-ring (bicyclic) bond motifs is 1. The summed E-state index contributed by atoms with van der Waals surface area (Å²) in [5, 5.41) is 11.5. The number of aromatic hydroxyl groups is 1. The van der Waals surface area contributed by atoms with Crippen molar-refractivity contribution in [3.63, 3.8) is 0 Å². The molecule has 31 heavy (non-hydrogen) atoms. The molecule has 0 atom stereocenters. The number of hydrogen-bond acceptors (Lipinski definition) is 5. The predicted molar refractivity (Wildman–Crippen MR) is 122 cm³/mol. The maximum absolute atomic E-state index is 11.9. The molecule has 6 heteroatoms. The minimum absolute atomic E-state index is 0.0144. The highest BCUT2D eigenvalue weighted by atomic mass is 16.5. The summed E-state index contributed by atoms with van der Waals surface area (Å²) in [5.41, 5.74) is 6.05. The highest BCUT2D eigenvalue weighted by Gasteiger charge is 2.42. The summed E-state index contributed by atoms with van der Waals surface area (Å²) in [6.07, 6.45) is 2.08. The van der Waals surface area contributed by atoms with Crippen molar-refractivity contribution in [2.75, 3.05) is 25.1 Å². The first kappa shape index (κ1) is 19.9. The minimum atomic E-state index is -0.386. The molecule has 0 saturated heterocycles. The third kappa shape index (κ3) is 2.92. The number of esters is 1. The Bertz CT molecular complexity index is 1220. The number of phenols is 1. The van der Waals surface area contributed by atoms with Crippen LogP contribution in [-0.4, -0.2) is 41.2 Å². The zero-order valence-corrected chi connectivity index (χ0v) is 18.8. The Balaban J connectivity index is 1.75. The smallest absolute Gasteiger partial charge is 0.337 e. The summed E-state index contributed by atoms with van der Waals surface area (Å²) in [6, 6.07) is 7.36. The van der Waals surface area contributed by atoms with E-state index in [0.29, 0.717) is 17.1 Å². The molecule has 5 rings (SSSR count). The fraction of sp³-hybridized carbons (Fsp3) is 0.440. The monoisotopic (exact) mass is 419 g/mol. The van der Waals surface area contributed by atoms with Gasteiger partial charge in [0.2, 0.25) is 0 Å². The summed E-state index contributed by atoms with van der Waals surface area (Å²) < 4.78 is 4.83. The van der Waals surface area contributed by atoms with E-state index in [4.69, 9.17) is 9.72 Å². The lowest BCUT2D eigenvalue weighted by molar-refractivity contribution is 0.0601. The molecule has 0 saturated carbocycles. The van der Waals surface area contributed by atoms with Gasteiger partial charge in [-0.3, -0.25) is 0 Å². The molecule has 3 aromatic rings. The van der Waals surface area contributed by atoms with Gasteiger partial charge in [-0.1, -0.05) is 27.7 Å². The number of rotatable bonds is 2. The van der Waals surface area contributed by atoms with Crippen LogP contribution >= 0.6 is 0 Å². The average molecular weight is 420 g/mol. The highest BCUT2D eigenvalue weighted by Crippen LogP contribution is 2.54. The van der Waals surface area contributed by atoms with Crippen molar-refractivity contribution in [3.8, 4) is 17.1 Å². The standard InChI is InChI=1S/C25H29N3O3/c1-24(2)8-10-28-11-9-25(3,4)19-20(28)16(24)13-15(21(19)29)22-26-17-7-6-14(23(30)31-5)12-18(17)27-22/h6-7,12-13,29H,8-11H2,1-5H3,(H,26,27). The maximum Gasteiger partial charge on any atom is 0.337 e. The molecule has 2 aliphatic heterocycles. The van der Waals surface area contributed by atoms with Gasteiger partial charge in [-0.2, -0.15) is 0 Å². The van der Waals surface area contributed by atoms with Crippen LogP contribution in [0.25, 0.3) is 22.4 Å². The number of anilines is 1. The Hall–Kier alpha value is -3.02. The minimum Gasteiger partial charge on any atom is -0.507 e. The number of aromatic nitrogens is 2. The zero-order chi connectivity index (χ0) is 22.1.